The second-order valence-electron chi connectivity index (χ2n) is 7.94. The molecule has 1 aliphatic heterocycles. The van der Waals surface area contributed by atoms with Crippen molar-refractivity contribution in [1.82, 2.24) is 14.4 Å². The van der Waals surface area contributed by atoms with Gasteiger partial charge in [0.05, 0.1) is 24.3 Å². The molecule has 0 aliphatic carbocycles. The second kappa shape index (κ2) is 8.97. The molecule has 170 valence electrons. The number of imidazole rings is 1. The van der Waals surface area contributed by atoms with Crippen LogP contribution in [0.3, 0.4) is 0 Å². The Hall–Kier alpha value is -3.20. The molecule has 2 aromatic carbocycles. The van der Waals surface area contributed by atoms with E-state index in [0.717, 1.165) is 24.2 Å². The Labute approximate surface area is 194 Å². The fourth-order valence-corrected chi connectivity index (χ4v) is 4.27. The quantitative estimate of drug-likeness (QED) is 0.436. The maximum absolute atomic E-state index is 14.2. The van der Waals surface area contributed by atoms with Crippen molar-refractivity contribution in [2.75, 3.05) is 18.9 Å². The molecule has 2 aromatic heterocycles. The third-order valence-electron chi connectivity index (χ3n) is 5.82. The van der Waals surface area contributed by atoms with E-state index < -0.39 is 5.82 Å². The number of nitrogen functional groups attached to an aromatic ring is 1. The minimum Gasteiger partial charge on any atom is -0.454 e. The van der Waals surface area contributed by atoms with Gasteiger partial charge in [0.2, 0.25) is 0 Å². The van der Waals surface area contributed by atoms with Gasteiger partial charge in [0.15, 0.2) is 11.6 Å². The van der Waals surface area contributed by atoms with Crippen LogP contribution in [0.4, 0.5) is 10.2 Å². The zero-order chi connectivity index (χ0) is 22.9. The Morgan fingerprint density at radius 2 is 2.03 bits per heavy atom. The number of benzene rings is 2. The lowest BCUT2D eigenvalue weighted by Gasteiger charge is -2.27. The Morgan fingerprint density at radius 1 is 1.21 bits per heavy atom. The second-order valence-corrected chi connectivity index (χ2v) is 8.35. The minimum atomic E-state index is -0.607. The van der Waals surface area contributed by atoms with Crippen LogP contribution in [0.2, 0.25) is 5.02 Å². The number of halogens is 2. The summed E-state index contributed by atoms with van der Waals surface area (Å²) >= 11 is 5.83. The number of aliphatic hydroxyl groups is 1. The number of hydrogen-bond donors (Lipinski definition) is 2. The van der Waals surface area contributed by atoms with E-state index in [2.05, 4.69) is 4.98 Å². The van der Waals surface area contributed by atoms with Gasteiger partial charge in [-0.25, -0.2) is 14.4 Å². The molecule has 1 aliphatic rings. The van der Waals surface area contributed by atoms with Crippen LogP contribution in [-0.2, 0) is 4.74 Å². The molecule has 1 saturated heterocycles. The number of nitrogens with two attached hydrogens (primary N) is 1. The van der Waals surface area contributed by atoms with Crippen molar-refractivity contribution in [2.45, 2.75) is 24.9 Å². The Morgan fingerprint density at radius 3 is 2.76 bits per heavy atom. The van der Waals surface area contributed by atoms with E-state index in [1.165, 1.54) is 12.1 Å². The minimum absolute atomic E-state index is 0.00102. The Kier molecular flexibility index (Phi) is 5.88. The summed E-state index contributed by atoms with van der Waals surface area (Å²) in [5.74, 6) is 1.20. The molecular formula is C24H22ClFN4O3. The number of anilines is 1. The highest BCUT2D eigenvalue weighted by Crippen LogP contribution is 2.35. The first-order chi connectivity index (χ1) is 16.0. The Balaban J connectivity index is 1.48. The van der Waals surface area contributed by atoms with Gasteiger partial charge < -0.3 is 20.3 Å². The summed E-state index contributed by atoms with van der Waals surface area (Å²) in [6, 6.07) is 11.8. The largest absolute Gasteiger partial charge is 0.454 e. The molecule has 1 fully saturated rings. The summed E-state index contributed by atoms with van der Waals surface area (Å²) in [7, 11) is 0. The van der Waals surface area contributed by atoms with Crippen molar-refractivity contribution in [1.29, 1.82) is 0 Å². The average Bonchev–Trinajstić information content (AvgIpc) is 3.24. The third-order valence-corrected chi connectivity index (χ3v) is 6.11. The van der Waals surface area contributed by atoms with E-state index in [4.69, 9.17) is 31.8 Å². The molecule has 3 N–H and O–H groups in total. The van der Waals surface area contributed by atoms with E-state index in [-0.39, 0.29) is 29.4 Å². The molecule has 3 heterocycles. The molecular weight excluding hydrogens is 447 g/mol. The van der Waals surface area contributed by atoms with Crippen LogP contribution < -0.4 is 10.5 Å². The van der Waals surface area contributed by atoms with Crippen LogP contribution in [0.1, 0.15) is 24.6 Å². The fraction of sp³-hybridized carbons (Fsp3) is 0.250. The maximum atomic E-state index is 14.2. The van der Waals surface area contributed by atoms with Gasteiger partial charge in [-0.3, -0.25) is 4.40 Å². The van der Waals surface area contributed by atoms with E-state index >= 15 is 0 Å². The van der Waals surface area contributed by atoms with Gasteiger partial charge >= 0.3 is 0 Å². The molecule has 2 atom stereocenters. The molecule has 0 bridgehead atoms. The summed E-state index contributed by atoms with van der Waals surface area (Å²) in [6.45, 7) is 0.495. The van der Waals surface area contributed by atoms with Crippen molar-refractivity contribution in [3.63, 3.8) is 0 Å². The SMILES string of the molecule is Nc1nccn2c(C3CCC(CO)OC3)nc(-c3ccc(Oc4cccc(Cl)c4F)cc3)c12. The molecule has 0 saturated carbocycles. The normalized spacial score (nSPS) is 18.5. The number of ether oxygens (including phenoxy) is 2. The molecule has 0 spiro atoms. The van der Waals surface area contributed by atoms with Gasteiger partial charge in [0.25, 0.3) is 0 Å². The maximum Gasteiger partial charge on any atom is 0.184 e. The van der Waals surface area contributed by atoms with Crippen molar-refractivity contribution < 1.29 is 19.0 Å². The zero-order valence-electron chi connectivity index (χ0n) is 17.6. The fourth-order valence-electron chi connectivity index (χ4n) is 4.10. The van der Waals surface area contributed by atoms with Gasteiger partial charge in [0.1, 0.15) is 28.6 Å². The number of fused-ring (bicyclic) bond motifs is 1. The zero-order valence-corrected chi connectivity index (χ0v) is 18.4. The number of aliphatic hydroxyl groups excluding tert-OH is 1. The predicted molar refractivity (Wildman–Crippen MR) is 123 cm³/mol. The predicted octanol–water partition coefficient (Wildman–Crippen LogP) is 4.82. The van der Waals surface area contributed by atoms with Crippen molar-refractivity contribution in [2.24, 2.45) is 0 Å². The number of nitrogens with zero attached hydrogens (tertiary/aromatic N) is 3. The summed E-state index contributed by atoms with van der Waals surface area (Å²) in [5, 5.41) is 9.35. The lowest BCUT2D eigenvalue weighted by molar-refractivity contribution is -0.0282. The average molecular weight is 469 g/mol. The van der Waals surface area contributed by atoms with Gasteiger partial charge in [-0.05, 0) is 49.2 Å². The summed E-state index contributed by atoms with van der Waals surface area (Å²) < 4.78 is 27.5. The standard InChI is InChI=1S/C24H22ClFN4O3/c25-18-2-1-3-19(20(18)26)33-16-7-4-14(5-8-16)21-22-23(27)28-10-11-30(22)24(29-21)15-6-9-17(12-31)32-13-15/h1-5,7-8,10-11,15,17,31H,6,9,12-13H2,(H2,27,28). The lowest BCUT2D eigenvalue weighted by atomic mass is 9.98. The lowest BCUT2D eigenvalue weighted by Crippen LogP contribution is -2.28. The first-order valence-electron chi connectivity index (χ1n) is 10.6. The highest BCUT2D eigenvalue weighted by atomic mass is 35.5. The molecule has 2 unspecified atom stereocenters. The third kappa shape index (κ3) is 4.13. The van der Waals surface area contributed by atoms with Crippen LogP contribution in [0.25, 0.3) is 16.8 Å². The molecule has 7 nitrogen and oxygen atoms in total. The van der Waals surface area contributed by atoms with E-state index in [1.54, 1.807) is 24.4 Å². The van der Waals surface area contributed by atoms with Crippen molar-refractivity contribution in [3.05, 3.63) is 71.5 Å². The molecule has 33 heavy (non-hydrogen) atoms. The van der Waals surface area contributed by atoms with Gasteiger partial charge in [-0.2, -0.15) is 0 Å². The number of aromatic nitrogens is 3. The number of rotatable bonds is 5. The topological polar surface area (TPSA) is 94.9 Å². The first kappa shape index (κ1) is 21.6. The van der Waals surface area contributed by atoms with Crippen molar-refractivity contribution >= 4 is 22.9 Å². The van der Waals surface area contributed by atoms with Crippen LogP contribution in [0.5, 0.6) is 11.5 Å². The van der Waals surface area contributed by atoms with Crippen LogP contribution in [0, 0.1) is 5.82 Å². The van der Waals surface area contributed by atoms with Gasteiger partial charge in [0, 0.05) is 23.9 Å². The monoisotopic (exact) mass is 468 g/mol. The van der Waals surface area contributed by atoms with Crippen molar-refractivity contribution in [3.8, 4) is 22.8 Å². The molecule has 0 amide bonds. The van der Waals surface area contributed by atoms with Crippen LogP contribution in [-0.4, -0.2) is 38.8 Å². The molecule has 5 rings (SSSR count). The molecule has 9 heteroatoms. The summed E-state index contributed by atoms with van der Waals surface area (Å²) in [5.41, 5.74) is 8.46. The molecule has 0 radical (unpaired) electrons. The van der Waals surface area contributed by atoms with Crippen LogP contribution >= 0.6 is 11.6 Å². The van der Waals surface area contributed by atoms with E-state index in [0.29, 0.717) is 29.4 Å². The number of hydrogen-bond acceptors (Lipinski definition) is 6. The van der Waals surface area contributed by atoms with E-state index in [1.807, 2.05) is 22.7 Å². The van der Waals surface area contributed by atoms with Gasteiger partial charge in [-0.1, -0.05) is 17.7 Å². The summed E-state index contributed by atoms with van der Waals surface area (Å²) in [4.78, 5) is 9.16. The smallest absolute Gasteiger partial charge is 0.184 e. The molecule has 4 aromatic rings. The van der Waals surface area contributed by atoms with Crippen LogP contribution in [0.15, 0.2) is 54.9 Å². The van der Waals surface area contributed by atoms with E-state index in [9.17, 15) is 9.50 Å². The Bertz CT molecular complexity index is 1290. The van der Waals surface area contributed by atoms with Gasteiger partial charge in [-0.15, -0.1) is 0 Å². The first-order valence-corrected chi connectivity index (χ1v) is 11.0. The summed E-state index contributed by atoms with van der Waals surface area (Å²) in [6.07, 6.45) is 4.97. The highest BCUT2D eigenvalue weighted by Gasteiger charge is 2.27. The highest BCUT2D eigenvalue weighted by molar-refractivity contribution is 6.30.